The van der Waals surface area contributed by atoms with Crippen molar-refractivity contribution in [2.24, 2.45) is 0 Å². The van der Waals surface area contributed by atoms with Crippen LogP contribution in [0.4, 0.5) is 0 Å². The summed E-state index contributed by atoms with van der Waals surface area (Å²) >= 11 is 0. The molecule has 1 aromatic heterocycles. The van der Waals surface area contributed by atoms with Crippen LogP contribution in [-0.2, 0) is 17.8 Å². The predicted octanol–water partition coefficient (Wildman–Crippen LogP) is 4.10. The van der Waals surface area contributed by atoms with Crippen molar-refractivity contribution in [2.45, 2.75) is 33.2 Å². The van der Waals surface area contributed by atoms with Crippen LogP contribution in [0.5, 0.6) is 5.75 Å². The third-order valence-electron chi connectivity index (χ3n) is 4.50. The molecule has 4 nitrogen and oxygen atoms in total. The largest absolute Gasteiger partial charge is 0.494 e. The van der Waals surface area contributed by atoms with Crippen LogP contribution in [0.25, 0.3) is 10.9 Å². The lowest BCUT2D eigenvalue weighted by Crippen LogP contribution is -2.26. The first-order valence-corrected chi connectivity index (χ1v) is 9.20. The van der Waals surface area contributed by atoms with Crippen molar-refractivity contribution >= 4 is 16.8 Å². The minimum absolute atomic E-state index is 0.0586. The van der Waals surface area contributed by atoms with Crippen molar-refractivity contribution in [2.75, 3.05) is 13.2 Å². The molecule has 0 aliphatic carbocycles. The minimum atomic E-state index is 0.0586. The maximum Gasteiger partial charge on any atom is 0.224 e. The Labute approximate surface area is 154 Å². The summed E-state index contributed by atoms with van der Waals surface area (Å²) in [5.41, 5.74) is 3.51. The van der Waals surface area contributed by atoms with Crippen LogP contribution in [0.15, 0.2) is 54.6 Å². The van der Waals surface area contributed by atoms with Gasteiger partial charge in [-0.25, -0.2) is 0 Å². The number of hydrogen-bond donors (Lipinski definition) is 1. The van der Waals surface area contributed by atoms with Crippen molar-refractivity contribution in [3.8, 4) is 5.75 Å². The summed E-state index contributed by atoms with van der Waals surface area (Å²) in [6, 6.07) is 18.3. The van der Waals surface area contributed by atoms with Gasteiger partial charge in [0.1, 0.15) is 5.75 Å². The van der Waals surface area contributed by atoms with Gasteiger partial charge in [-0.2, -0.15) is 0 Å². The van der Waals surface area contributed by atoms with E-state index in [2.05, 4.69) is 47.1 Å². The molecule has 0 saturated heterocycles. The van der Waals surface area contributed by atoms with E-state index in [-0.39, 0.29) is 5.91 Å². The number of nitrogens with zero attached hydrogens (tertiary/aromatic N) is 1. The third kappa shape index (κ3) is 4.45. The van der Waals surface area contributed by atoms with E-state index in [9.17, 15) is 4.79 Å². The zero-order valence-electron chi connectivity index (χ0n) is 15.5. The van der Waals surface area contributed by atoms with Crippen molar-refractivity contribution in [1.82, 2.24) is 9.88 Å². The highest BCUT2D eigenvalue weighted by atomic mass is 16.5. The average Bonchev–Trinajstić information content (AvgIpc) is 2.96. The fourth-order valence-electron chi connectivity index (χ4n) is 3.23. The van der Waals surface area contributed by atoms with E-state index in [1.54, 1.807) is 0 Å². The molecule has 3 rings (SSSR count). The fraction of sp³-hybridized carbons (Fsp3) is 0.318. The maximum atomic E-state index is 12.1. The van der Waals surface area contributed by atoms with Gasteiger partial charge in [-0.15, -0.1) is 0 Å². The summed E-state index contributed by atoms with van der Waals surface area (Å²) in [7, 11) is 0. The number of nitrogens with one attached hydrogen (secondary N) is 1. The number of ether oxygens (including phenoxy) is 1. The fourth-order valence-corrected chi connectivity index (χ4v) is 3.23. The molecule has 1 N–H and O–H groups in total. The normalized spacial score (nSPS) is 10.8. The Bertz CT molecular complexity index is 865. The second-order valence-electron chi connectivity index (χ2n) is 6.45. The number of carbonyl (C=O) groups excluding carboxylic acids is 1. The molecule has 3 aromatic rings. The Morgan fingerprint density at radius 1 is 1.12 bits per heavy atom. The van der Waals surface area contributed by atoms with Gasteiger partial charge in [-0.1, -0.05) is 30.3 Å². The summed E-state index contributed by atoms with van der Waals surface area (Å²) in [5, 5.41) is 4.29. The lowest BCUT2D eigenvalue weighted by Gasteiger charge is -2.10. The Hall–Kier alpha value is -2.75. The van der Waals surface area contributed by atoms with Crippen molar-refractivity contribution < 1.29 is 9.53 Å². The number of para-hydroxylation sites is 1. The summed E-state index contributed by atoms with van der Waals surface area (Å²) < 4.78 is 7.73. The summed E-state index contributed by atoms with van der Waals surface area (Å²) in [6.45, 7) is 6.32. The van der Waals surface area contributed by atoms with Crippen LogP contribution >= 0.6 is 0 Å². The van der Waals surface area contributed by atoms with Gasteiger partial charge in [-0.3, -0.25) is 4.79 Å². The lowest BCUT2D eigenvalue weighted by molar-refractivity contribution is -0.120. The first-order chi connectivity index (χ1) is 12.7. The standard InChI is InChI=1S/C22H26N2O2/c1-3-26-20-11-9-18(10-12-20)16-22(25)23-13-6-14-24-17(2)15-19-7-4-5-8-21(19)24/h4-5,7-12,15H,3,6,13-14,16H2,1-2H3,(H,23,25). The Balaban J connectivity index is 1.45. The summed E-state index contributed by atoms with van der Waals surface area (Å²) in [5.74, 6) is 0.897. The van der Waals surface area contributed by atoms with Gasteiger partial charge in [0.25, 0.3) is 0 Å². The van der Waals surface area contributed by atoms with Crippen LogP contribution in [0.1, 0.15) is 24.6 Å². The van der Waals surface area contributed by atoms with E-state index >= 15 is 0 Å². The van der Waals surface area contributed by atoms with E-state index in [1.807, 2.05) is 31.2 Å². The molecule has 1 amide bonds. The maximum absolute atomic E-state index is 12.1. The van der Waals surface area contributed by atoms with Crippen molar-refractivity contribution in [3.63, 3.8) is 0 Å². The number of aromatic nitrogens is 1. The number of hydrogen-bond acceptors (Lipinski definition) is 2. The van der Waals surface area contributed by atoms with E-state index in [1.165, 1.54) is 16.6 Å². The average molecular weight is 350 g/mol. The van der Waals surface area contributed by atoms with Crippen LogP contribution in [-0.4, -0.2) is 23.6 Å². The summed E-state index contributed by atoms with van der Waals surface area (Å²) in [4.78, 5) is 12.1. The van der Waals surface area contributed by atoms with Crippen molar-refractivity contribution in [1.29, 1.82) is 0 Å². The third-order valence-corrected chi connectivity index (χ3v) is 4.50. The lowest BCUT2D eigenvalue weighted by atomic mass is 10.1. The molecule has 4 heteroatoms. The highest BCUT2D eigenvalue weighted by Crippen LogP contribution is 2.19. The van der Waals surface area contributed by atoms with Crippen LogP contribution in [0, 0.1) is 6.92 Å². The molecule has 0 aliphatic rings. The number of carbonyl (C=O) groups is 1. The monoisotopic (exact) mass is 350 g/mol. The quantitative estimate of drug-likeness (QED) is 0.622. The second kappa shape index (κ2) is 8.56. The van der Waals surface area contributed by atoms with E-state index in [4.69, 9.17) is 4.74 Å². The summed E-state index contributed by atoms with van der Waals surface area (Å²) in [6.07, 6.45) is 1.31. The van der Waals surface area contributed by atoms with E-state index < -0.39 is 0 Å². The second-order valence-corrected chi connectivity index (χ2v) is 6.45. The topological polar surface area (TPSA) is 43.3 Å². The predicted molar refractivity (Wildman–Crippen MR) is 106 cm³/mol. The molecule has 0 atom stereocenters. The molecule has 1 heterocycles. The van der Waals surface area contributed by atoms with Crippen molar-refractivity contribution in [3.05, 3.63) is 65.9 Å². The first kappa shape index (κ1) is 18.1. The molecule has 0 bridgehead atoms. The molecule has 0 radical (unpaired) electrons. The highest BCUT2D eigenvalue weighted by molar-refractivity contribution is 5.81. The first-order valence-electron chi connectivity index (χ1n) is 9.20. The molecule has 0 fully saturated rings. The van der Waals surface area contributed by atoms with Gasteiger partial charge < -0.3 is 14.6 Å². The molecular formula is C22H26N2O2. The molecule has 136 valence electrons. The number of amides is 1. The number of benzene rings is 2. The Morgan fingerprint density at radius 3 is 2.65 bits per heavy atom. The van der Waals surface area contributed by atoms with Gasteiger partial charge in [-0.05, 0) is 55.5 Å². The number of aryl methyl sites for hydroxylation is 2. The zero-order chi connectivity index (χ0) is 18.4. The van der Waals surface area contributed by atoms with E-state index in [0.29, 0.717) is 19.6 Å². The molecule has 0 saturated carbocycles. The van der Waals surface area contributed by atoms with Crippen LogP contribution in [0.3, 0.4) is 0 Å². The minimum Gasteiger partial charge on any atom is -0.494 e. The number of fused-ring (bicyclic) bond motifs is 1. The van der Waals surface area contributed by atoms with Crippen LogP contribution in [0.2, 0.25) is 0 Å². The smallest absolute Gasteiger partial charge is 0.224 e. The van der Waals surface area contributed by atoms with E-state index in [0.717, 1.165) is 24.3 Å². The highest BCUT2D eigenvalue weighted by Gasteiger charge is 2.06. The molecule has 26 heavy (non-hydrogen) atoms. The van der Waals surface area contributed by atoms with Gasteiger partial charge in [0, 0.05) is 24.3 Å². The van der Waals surface area contributed by atoms with Crippen LogP contribution < -0.4 is 10.1 Å². The van der Waals surface area contributed by atoms with Gasteiger partial charge in [0.05, 0.1) is 13.0 Å². The molecule has 0 unspecified atom stereocenters. The SMILES string of the molecule is CCOc1ccc(CC(=O)NCCCn2c(C)cc3ccccc32)cc1. The molecule has 2 aromatic carbocycles. The Morgan fingerprint density at radius 2 is 1.88 bits per heavy atom. The molecular weight excluding hydrogens is 324 g/mol. The zero-order valence-corrected chi connectivity index (χ0v) is 15.5. The van der Waals surface area contributed by atoms with Gasteiger partial charge in [0.2, 0.25) is 5.91 Å². The van der Waals surface area contributed by atoms with Gasteiger partial charge >= 0.3 is 0 Å². The molecule has 0 spiro atoms. The number of rotatable bonds is 8. The Kier molecular flexibility index (Phi) is 5.95. The van der Waals surface area contributed by atoms with Gasteiger partial charge in [0.15, 0.2) is 0 Å². The molecule has 0 aliphatic heterocycles.